The van der Waals surface area contributed by atoms with E-state index in [-0.39, 0.29) is 49.2 Å². The van der Waals surface area contributed by atoms with E-state index >= 15 is 0 Å². The molecular formula is C21H33N3O8. The Hall–Kier alpha value is -3.08. The lowest BCUT2D eigenvalue weighted by atomic mass is 9.81. The minimum absolute atomic E-state index is 0.0310. The van der Waals surface area contributed by atoms with Gasteiger partial charge in [0.05, 0.1) is 0 Å². The summed E-state index contributed by atoms with van der Waals surface area (Å²) in [6, 6.07) is 0.191. The predicted molar refractivity (Wildman–Crippen MR) is 115 cm³/mol. The number of rotatable bonds is 13. The number of carbonyl (C=O) groups excluding carboxylic acids is 4. The number of nitrogens with one attached hydrogen (secondary N) is 3. The Bertz CT molecular complexity index is 716. The summed E-state index contributed by atoms with van der Waals surface area (Å²) in [7, 11) is 0. The molecule has 0 aromatic heterocycles. The highest BCUT2D eigenvalue weighted by Crippen LogP contribution is 2.25. The van der Waals surface area contributed by atoms with Crippen LogP contribution in [0.25, 0.3) is 0 Å². The summed E-state index contributed by atoms with van der Waals surface area (Å²) in [4.78, 5) is 45.7. The summed E-state index contributed by atoms with van der Waals surface area (Å²) in [5.74, 6) is -1.06. The number of esters is 2. The zero-order valence-electron chi connectivity index (χ0n) is 18.9. The average molecular weight is 456 g/mol. The van der Waals surface area contributed by atoms with Gasteiger partial charge in [-0.05, 0) is 33.6 Å². The summed E-state index contributed by atoms with van der Waals surface area (Å²) >= 11 is 0. The van der Waals surface area contributed by atoms with Gasteiger partial charge in [-0.25, -0.2) is 19.2 Å². The van der Waals surface area contributed by atoms with Crippen LogP contribution in [0.3, 0.4) is 0 Å². The summed E-state index contributed by atoms with van der Waals surface area (Å²) < 4.78 is 19.5. The second-order valence-electron chi connectivity index (χ2n) is 7.78. The van der Waals surface area contributed by atoms with Gasteiger partial charge in [0.2, 0.25) is 0 Å². The van der Waals surface area contributed by atoms with Gasteiger partial charge in [0.1, 0.15) is 26.4 Å². The first kappa shape index (κ1) is 27.0. The Kier molecular flexibility index (Phi) is 11.3. The Balaban J connectivity index is 2.05. The molecule has 0 aromatic carbocycles. The minimum Gasteiger partial charge on any atom is -0.459 e. The molecule has 0 bridgehead atoms. The molecule has 3 N–H and O–H groups in total. The molecule has 2 unspecified atom stereocenters. The molecule has 32 heavy (non-hydrogen) atoms. The van der Waals surface area contributed by atoms with E-state index in [0.29, 0.717) is 19.5 Å². The van der Waals surface area contributed by atoms with Gasteiger partial charge in [-0.1, -0.05) is 13.2 Å². The van der Waals surface area contributed by atoms with Crippen molar-refractivity contribution >= 4 is 24.1 Å². The van der Waals surface area contributed by atoms with Crippen LogP contribution >= 0.6 is 0 Å². The smallest absolute Gasteiger partial charge is 0.407 e. The van der Waals surface area contributed by atoms with Crippen LogP contribution in [0.2, 0.25) is 0 Å². The first-order chi connectivity index (χ1) is 15.0. The fourth-order valence-electron chi connectivity index (χ4n) is 2.81. The largest absolute Gasteiger partial charge is 0.459 e. The van der Waals surface area contributed by atoms with Crippen molar-refractivity contribution < 1.29 is 38.1 Å². The van der Waals surface area contributed by atoms with Gasteiger partial charge in [0.25, 0.3) is 0 Å². The van der Waals surface area contributed by atoms with Gasteiger partial charge in [0.15, 0.2) is 0 Å². The second-order valence-corrected chi connectivity index (χ2v) is 7.78. The van der Waals surface area contributed by atoms with Crippen molar-refractivity contribution in [1.82, 2.24) is 16.0 Å². The number of hydrogen-bond acceptors (Lipinski definition) is 9. The van der Waals surface area contributed by atoms with Crippen LogP contribution in [0.5, 0.6) is 0 Å². The van der Waals surface area contributed by atoms with E-state index in [4.69, 9.17) is 18.9 Å². The van der Waals surface area contributed by atoms with Gasteiger partial charge in [-0.3, -0.25) is 0 Å². The van der Waals surface area contributed by atoms with Crippen LogP contribution in [0.15, 0.2) is 24.3 Å². The summed E-state index contributed by atoms with van der Waals surface area (Å²) in [5.41, 5.74) is 0.286. The van der Waals surface area contributed by atoms with Crippen molar-refractivity contribution in [2.75, 3.05) is 39.5 Å². The quantitative estimate of drug-likeness (QED) is 0.162. The van der Waals surface area contributed by atoms with E-state index in [1.54, 1.807) is 0 Å². The van der Waals surface area contributed by atoms with Gasteiger partial charge in [0, 0.05) is 35.8 Å². The molecule has 11 nitrogen and oxygen atoms in total. The molecule has 0 spiro atoms. The third kappa shape index (κ3) is 10.8. The first-order valence-corrected chi connectivity index (χ1v) is 10.3. The van der Waals surface area contributed by atoms with Gasteiger partial charge < -0.3 is 34.9 Å². The standard InChI is InChI=1S/C21H33N3O8/c1-14(2)17(25)29-8-10-31-19(27)22-7-6-16-12-21(5,24-16)13-23-20(28)32-11-9-30-18(26)15(3)4/h16,24H,1,3,6-13H2,2,4-5H3,(H,22,27)(H,23,28). The molecule has 1 aliphatic rings. The Morgan fingerprint density at radius 3 is 1.78 bits per heavy atom. The van der Waals surface area contributed by atoms with Crippen molar-refractivity contribution in [2.24, 2.45) is 0 Å². The van der Waals surface area contributed by atoms with E-state index in [9.17, 15) is 19.2 Å². The number of ether oxygens (including phenoxy) is 4. The number of amides is 2. The molecule has 1 aliphatic heterocycles. The molecule has 180 valence electrons. The molecule has 0 radical (unpaired) electrons. The van der Waals surface area contributed by atoms with Crippen LogP contribution in [-0.2, 0) is 28.5 Å². The minimum atomic E-state index is -0.596. The van der Waals surface area contributed by atoms with Gasteiger partial charge >= 0.3 is 24.1 Å². The third-order valence-corrected chi connectivity index (χ3v) is 4.43. The molecule has 0 aromatic rings. The lowest BCUT2D eigenvalue weighted by Gasteiger charge is -2.47. The van der Waals surface area contributed by atoms with E-state index < -0.39 is 24.1 Å². The maximum atomic E-state index is 11.7. The maximum absolute atomic E-state index is 11.7. The van der Waals surface area contributed by atoms with Crippen LogP contribution in [0, 0.1) is 0 Å². The molecule has 1 fully saturated rings. The van der Waals surface area contributed by atoms with Crippen LogP contribution in [0.4, 0.5) is 9.59 Å². The Labute approximate surface area is 187 Å². The van der Waals surface area contributed by atoms with Crippen LogP contribution in [0.1, 0.15) is 33.6 Å². The fraction of sp³-hybridized carbons (Fsp3) is 0.619. The molecule has 0 saturated carbocycles. The first-order valence-electron chi connectivity index (χ1n) is 10.3. The SMILES string of the molecule is C=C(C)C(=O)OCCOC(=O)NCCC1CC(C)(CNC(=O)OCCOC(=O)C(=C)C)N1. The molecule has 1 saturated heterocycles. The number of carbonyl (C=O) groups is 4. The molecule has 1 heterocycles. The fourth-order valence-corrected chi connectivity index (χ4v) is 2.81. The van der Waals surface area contributed by atoms with Gasteiger partial charge in [-0.15, -0.1) is 0 Å². The number of alkyl carbamates (subject to hydrolysis) is 2. The predicted octanol–water partition coefficient (Wildman–Crippen LogP) is 1.19. The zero-order chi connectivity index (χ0) is 24.1. The third-order valence-electron chi connectivity index (χ3n) is 4.43. The van der Waals surface area contributed by atoms with Crippen molar-refractivity contribution in [1.29, 1.82) is 0 Å². The van der Waals surface area contributed by atoms with E-state index in [0.717, 1.165) is 6.42 Å². The maximum Gasteiger partial charge on any atom is 0.407 e. The monoisotopic (exact) mass is 455 g/mol. The summed E-state index contributed by atoms with van der Waals surface area (Å²) in [5, 5.41) is 8.63. The van der Waals surface area contributed by atoms with Crippen molar-refractivity contribution in [3.63, 3.8) is 0 Å². The summed E-state index contributed by atoms with van der Waals surface area (Å²) in [6.07, 6.45) is 0.309. The van der Waals surface area contributed by atoms with Gasteiger partial charge in [-0.2, -0.15) is 0 Å². The molecular weight excluding hydrogens is 422 g/mol. The van der Waals surface area contributed by atoms with Crippen molar-refractivity contribution in [2.45, 2.75) is 45.2 Å². The highest BCUT2D eigenvalue weighted by Gasteiger charge is 2.39. The van der Waals surface area contributed by atoms with E-state index in [2.05, 4.69) is 29.1 Å². The van der Waals surface area contributed by atoms with Crippen LogP contribution in [-0.4, -0.2) is 75.2 Å². The molecule has 11 heteroatoms. The second kappa shape index (κ2) is 13.4. The molecule has 0 aliphatic carbocycles. The van der Waals surface area contributed by atoms with E-state index in [1.807, 2.05) is 6.92 Å². The van der Waals surface area contributed by atoms with E-state index in [1.165, 1.54) is 13.8 Å². The van der Waals surface area contributed by atoms with Crippen molar-refractivity contribution in [3.05, 3.63) is 24.3 Å². The zero-order valence-corrected chi connectivity index (χ0v) is 18.9. The highest BCUT2D eigenvalue weighted by molar-refractivity contribution is 5.87. The highest BCUT2D eigenvalue weighted by atomic mass is 16.6. The molecule has 2 atom stereocenters. The normalized spacial score (nSPS) is 19.0. The lowest BCUT2D eigenvalue weighted by Crippen LogP contribution is -2.66. The Morgan fingerprint density at radius 2 is 1.31 bits per heavy atom. The Morgan fingerprint density at radius 1 is 0.875 bits per heavy atom. The molecule has 2 amide bonds. The van der Waals surface area contributed by atoms with Crippen LogP contribution < -0.4 is 16.0 Å². The number of hydrogen-bond donors (Lipinski definition) is 3. The average Bonchev–Trinajstić information content (AvgIpc) is 2.70. The topological polar surface area (TPSA) is 141 Å². The van der Waals surface area contributed by atoms with Crippen molar-refractivity contribution in [3.8, 4) is 0 Å². The molecule has 1 rings (SSSR count). The summed E-state index contributed by atoms with van der Waals surface area (Å²) in [6.45, 7) is 12.6. The lowest BCUT2D eigenvalue weighted by molar-refractivity contribution is -0.140.